The summed E-state index contributed by atoms with van der Waals surface area (Å²) in [6.07, 6.45) is 1.11. The van der Waals surface area contributed by atoms with Crippen molar-refractivity contribution in [3.63, 3.8) is 0 Å². The van der Waals surface area contributed by atoms with E-state index in [1.54, 1.807) is 13.0 Å². The monoisotopic (exact) mass is 221 g/mol. The van der Waals surface area contributed by atoms with Crippen LogP contribution in [-0.4, -0.2) is 26.1 Å². The Kier molecular flexibility index (Phi) is 2.40. The molecule has 0 spiro atoms. The Bertz CT molecular complexity index is 530. The molecule has 2 aromatic rings. The van der Waals surface area contributed by atoms with Gasteiger partial charge < -0.3 is 5.11 Å². The second-order valence-corrected chi connectivity index (χ2v) is 3.32. The van der Waals surface area contributed by atoms with Gasteiger partial charge in [-0.2, -0.15) is 0 Å². The maximum absolute atomic E-state index is 13.1. The third kappa shape index (κ3) is 1.77. The van der Waals surface area contributed by atoms with Crippen molar-refractivity contribution in [1.82, 2.24) is 15.0 Å². The minimum Gasteiger partial charge on any atom is -0.476 e. The van der Waals surface area contributed by atoms with Crippen LogP contribution in [0.3, 0.4) is 0 Å². The van der Waals surface area contributed by atoms with Crippen LogP contribution in [0.25, 0.3) is 5.69 Å². The molecule has 1 aromatic heterocycles. The average Bonchev–Trinajstić information content (AvgIpc) is 2.63. The lowest BCUT2D eigenvalue weighted by Gasteiger charge is -2.04. The molecule has 0 bridgehead atoms. The maximum atomic E-state index is 13.1. The molecule has 0 amide bonds. The molecule has 1 aromatic carbocycles. The Hall–Kier alpha value is -2.24. The molecule has 2 rings (SSSR count). The third-order valence-electron chi connectivity index (χ3n) is 2.04. The Balaban J connectivity index is 2.58. The smallest absolute Gasteiger partial charge is 0.356 e. The van der Waals surface area contributed by atoms with Crippen LogP contribution in [-0.2, 0) is 0 Å². The van der Waals surface area contributed by atoms with Gasteiger partial charge in [0.2, 0.25) is 0 Å². The number of halogens is 1. The number of benzene rings is 1. The van der Waals surface area contributed by atoms with E-state index >= 15 is 0 Å². The summed E-state index contributed by atoms with van der Waals surface area (Å²) in [7, 11) is 0. The summed E-state index contributed by atoms with van der Waals surface area (Å²) >= 11 is 0. The zero-order chi connectivity index (χ0) is 11.7. The topological polar surface area (TPSA) is 68.0 Å². The van der Waals surface area contributed by atoms with Crippen molar-refractivity contribution in [1.29, 1.82) is 0 Å². The summed E-state index contributed by atoms with van der Waals surface area (Å²) in [6, 6.07) is 4.18. The SMILES string of the molecule is Cc1cc(F)cc(-n2nncc2C(=O)O)c1. The van der Waals surface area contributed by atoms with Crippen molar-refractivity contribution in [2.75, 3.05) is 0 Å². The highest BCUT2D eigenvalue weighted by atomic mass is 19.1. The summed E-state index contributed by atoms with van der Waals surface area (Å²) in [5.41, 5.74) is 0.916. The van der Waals surface area contributed by atoms with Gasteiger partial charge in [0.1, 0.15) is 5.82 Å². The van der Waals surface area contributed by atoms with Crippen LogP contribution in [0, 0.1) is 12.7 Å². The van der Waals surface area contributed by atoms with E-state index in [1.165, 1.54) is 12.1 Å². The summed E-state index contributed by atoms with van der Waals surface area (Å²) in [5, 5.41) is 16.0. The van der Waals surface area contributed by atoms with Gasteiger partial charge in [-0.1, -0.05) is 5.21 Å². The molecule has 1 heterocycles. The summed E-state index contributed by atoms with van der Waals surface area (Å²) in [6.45, 7) is 1.71. The van der Waals surface area contributed by atoms with Crippen LogP contribution in [0.15, 0.2) is 24.4 Å². The first-order valence-corrected chi connectivity index (χ1v) is 4.49. The molecule has 0 fully saturated rings. The number of aromatic carboxylic acids is 1. The zero-order valence-electron chi connectivity index (χ0n) is 8.38. The van der Waals surface area contributed by atoms with E-state index in [1.807, 2.05) is 0 Å². The molecule has 0 aliphatic carbocycles. The van der Waals surface area contributed by atoms with Crippen molar-refractivity contribution in [3.05, 3.63) is 41.5 Å². The van der Waals surface area contributed by atoms with Gasteiger partial charge in [0, 0.05) is 0 Å². The van der Waals surface area contributed by atoms with Crippen molar-refractivity contribution in [2.24, 2.45) is 0 Å². The first-order valence-electron chi connectivity index (χ1n) is 4.49. The molecule has 1 N–H and O–H groups in total. The summed E-state index contributed by atoms with van der Waals surface area (Å²) in [5.74, 6) is -1.60. The highest BCUT2D eigenvalue weighted by molar-refractivity contribution is 5.85. The van der Waals surface area contributed by atoms with Crippen LogP contribution in [0.4, 0.5) is 4.39 Å². The van der Waals surface area contributed by atoms with E-state index in [0.29, 0.717) is 11.3 Å². The second kappa shape index (κ2) is 3.73. The van der Waals surface area contributed by atoms with E-state index < -0.39 is 11.8 Å². The largest absolute Gasteiger partial charge is 0.476 e. The van der Waals surface area contributed by atoms with Crippen LogP contribution in [0.1, 0.15) is 16.1 Å². The van der Waals surface area contributed by atoms with E-state index in [2.05, 4.69) is 10.3 Å². The summed E-state index contributed by atoms with van der Waals surface area (Å²) < 4.78 is 14.2. The van der Waals surface area contributed by atoms with Crippen LogP contribution in [0.2, 0.25) is 0 Å². The van der Waals surface area contributed by atoms with Crippen LogP contribution < -0.4 is 0 Å². The lowest BCUT2D eigenvalue weighted by atomic mass is 10.2. The molecule has 0 aliphatic rings. The van der Waals surface area contributed by atoms with Gasteiger partial charge in [0.05, 0.1) is 11.9 Å². The normalized spacial score (nSPS) is 10.4. The van der Waals surface area contributed by atoms with Crippen molar-refractivity contribution >= 4 is 5.97 Å². The van der Waals surface area contributed by atoms with Crippen molar-refractivity contribution in [3.8, 4) is 5.69 Å². The summed E-state index contributed by atoms with van der Waals surface area (Å²) in [4.78, 5) is 10.8. The molecule has 5 nitrogen and oxygen atoms in total. The molecule has 6 heteroatoms. The molecule has 82 valence electrons. The molecule has 16 heavy (non-hydrogen) atoms. The number of aryl methyl sites for hydroxylation is 1. The zero-order valence-corrected chi connectivity index (χ0v) is 8.38. The number of rotatable bonds is 2. The molecule has 0 radical (unpaired) electrons. The lowest BCUT2D eigenvalue weighted by molar-refractivity contribution is 0.0687. The highest BCUT2D eigenvalue weighted by Crippen LogP contribution is 2.13. The average molecular weight is 221 g/mol. The number of carboxylic acids is 1. The fourth-order valence-corrected chi connectivity index (χ4v) is 1.41. The van der Waals surface area contributed by atoms with Gasteiger partial charge >= 0.3 is 5.97 Å². The Morgan fingerprint density at radius 2 is 2.19 bits per heavy atom. The molecular weight excluding hydrogens is 213 g/mol. The van der Waals surface area contributed by atoms with Gasteiger partial charge in [-0.15, -0.1) is 5.10 Å². The number of hydrogen-bond donors (Lipinski definition) is 1. The number of aromatic nitrogens is 3. The third-order valence-corrected chi connectivity index (χ3v) is 2.04. The fraction of sp³-hybridized carbons (Fsp3) is 0.100. The van der Waals surface area contributed by atoms with Gasteiger partial charge in [-0.25, -0.2) is 13.9 Å². The first-order chi connectivity index (χ1) is 7.58. The standard InChI is InChI=1S/C10H8FN3O2/c1-6-2-7(11)4-8(3-6)14-9(10(15)16)5-12-13-14/h2-5H,1H3,(H,15,16). The van der Waals surface area contributed by atoms with E-state index in [4.69, 9.17) is 5.11 Å². The Morgan fingerprint density at radius 3 is 2.81 bits per heavy atom. The Morgan fingerprint density at radius 1 is 1.44 bits per heavy atom. The van der Waals surface area contributed by atoms with Crippen molar-refractivity contribution < 1.29 is 14.3 Å². The molecule has 0 saturated heterocycles. The van der Waals surface area contributed by atoms with Gasteiger partial charge in [0.25, 0.3) is 0 Å². The number of carboxylic acid groups (broad SMARTS) is 1. The predicted molar refractivity (Wildman–Crippen MR) is 53.0 cm³/mol. The quantitative estimate of drug-likeness (QED) is 0.832. The van der Waals surface area contributed by atoms with Gasteiger partial charge in [0.15, 0.2) is 5.69 Å². The minimum absolute atomic E-state index is 0.106. The van der Waals surface area contributed by atoms with Crippen LogP contribution in [0.5, 0.6) is 0 Å². The molecule has 0 aliphatic heterocycles. The van der Waals surface area contributed by atoms with E-state index in [0.717, 1.165) is 10.9 Å². The second-order valence-electron chi connectivity index (χ2n) is 3.32. The lowest BCUT2D eigenvalue weighted by Crippen LogP contribution is -2.08. The van der Waals surface area contributed by atoms with Crippen molar-refractivity contribution in [2.45, 2.75) is 6.92 Å². The van der Waals surface area contributed by atoms with E-state index in [9.17, 15) is 9.18 Å². The Labute approximate surface area is 90.1 Å². The number of nitrogens with zero attached hydrogens (tertiary/aromatic N) is 3. The number of carbonyl (C=O) groups is 1. The highest BCUT2D eigenvalue weighted by Gasteiger charge is 2.13. The molecule has 0 atom stereocenters. The van der Waals surface area contributed by atoms with Crippen LogP contribution >= 0.6 is 0 Å². The molecular formula is C10H8FN3O2. The molecule has 0 unspecified atom stereocenters. The van der Waals surface area contributed by atoms with Gasteiger partial charge in [-0.05, 0) is 30.7 Å². The number of hydrogen-bond acceptors (Lipinski definition) is 3. The first kappa shape index (κ1) is 10.3. The van der Waals surface area contributed by atoms with Gasteiger partial charge in [-0.3, -0.25) is 0 Å². The fourth-order valence-electron chi connectivity index (χ4n) is 1.41. The van der Waals surface area contributed by atoms with E-state index in [-0.39, 0.29) is 5.69 Å². The minimum atomic E-state index is -1.16. The molecule has 0 saturated carbocycles. The predicted octanol–water partition coefficient (Wildman–Crippen LogP) is 1.41. The maximum Gasteiger partial charge on any atom is 0.356 e.